The highest BCUT2D eigenvalue weighted by molar-refractivity contribution is 5.73. The number of carbonyl (C=O) groups excluding carboxylic acids is 2. The highest BCUT2D eigenvalue weighted by atomic mass is 16.7. The van der Waals surface area contributed by atoms with Crippen LogP contribution in [-0.4, -0.2) is 35.5 Å². The lowest BCUT2D eigenvalue weighted by molar-refractivity contribution is -0.118. The standard InChI is InChI=1S/C21H33NO5/c1-2-3-6-9-15(23)12-13-17-16(10-7-4-5-8-11-20(22)24)18-14-19(17)27-21(25)26-18/h4,7,12-13,15-19,23H,2-3,5-6,8-11,14H2,1H3,(H2,22,24)/b7-4-,13-12+/t15-,16+,17+,18-,19+/m0/s1. The van der Waals surface area contributed by atoms with Crippen molar-refractivity contribution in [2.24, 2.45) is 17.6 Å². The van der Waals surface area contributed by atoms with Gasteiger partial charge in [0.25, 0.3) is 0 Å². The van der Waals surface area contributed by atoms with Crippen LogP contribution in [0.25, 0.3) is 0 Å². The molecule has 0 aromatic heterocycles. The molecule has 1 saturated heterocycles. The van der Waals surface area contributed by atoms with E-state index in [1.807, 2.05) is 18.2 Å². The zero-order chi connectivity index (χ0) is 19.6. The van der Waals surface area contributed by atoms with Crippen LogP contribution in [0.1, 0.15) is 64.7 Å². The van der Waals surface area contributed by atoms with Gasteiger partial charge in [0, 0.05) is 24.7 Å². The quantitative estimate of drug-likeness (QED) is 0.306. The third-order valence-electron chi connectivity index (χ3n) is 5.39. The number of aliphatic hydroxyl groups is 1. The highest BCUT2D eigenvalue weighted by Gasteiger charge is 2.49. The molecule has 1 heterocycles. The van der Waals surface area contributed by atoms with E-state index < -0.39 is 12.3 Å². The van der Waals surface area contributed by atoms with Crippen molar-refractivity contribution in [3.8, 4) is 0 Å². The number of ether oxygens (including phenoxy) is 2. The third kappa shape index (κ3) is 7.01. The van der Waals surface area contributed by atoms with Gasteiger partial charge in [-0.2, -0.15) is 0 Å². The number of carbonyl (C=O) groups is 2. The summed E-state index contributed by atoms with van der Waals surface area (Å²) in [4.78, 5) is 22.4. The van der Waals surface area contributed by atoms with Gasteiger partial charge in [0.15, 0.2) is 0 Å². The summed E-state index contributed by atoms with van der Waals surface area (Å²) in [7, 11) is 0. The van der Waals surface area contributed by atoms with E-state index in [-0.39, 0.29) is 30.0 Å². The second kappa shape index (κ2) is 11.1. The van der Waals surface area contributed by atoms with Crippen molar-refractivity contribution in [3.63, 3.8) is 0 Å². The molecule has 152 valence electrons. The van der Waals surface area contributed by atoms with Crippen molar-refractivity contribution in [3.05, 3.63) is 24.3 Å². The van der Waals surface area contributed by atoms with E-state index in [4.69, 9.17) is 15.2 Å². The molecule has 0 spiro atoms. The summed E-state index contributed by atoms with van der Waals surface area (Å²) in [5, 5.41) is 10.2. The van der Waals surface area contributed by atoms with E-state index in [0.717, 1.165) is 44.9 Å². The minimum Gasteiger partial charge on any atom is -0.430 e. The largest absolute Gasteiger partial charge is 0.508 e. The van der Waals surface area contributed by atoms with Gasteiger partial charge in [0.1, 0.15) is 12.2 Å². The number of primary amides is 1. The monoisotopic (exact) mass is 379 g/mol. The van der Waals surface area contributed by atoms with Crippen LogP contribution in [-0.2, 0) is 14.3 Å². The fraction of sp³-hybridized carbons (Fsp3) is 0.714. The van der Waals surface area contributed by atoms with Crippen molar-refractivity contribution < 1.29 is 24.2 Å². The predicted molar refractivity (Wildman–Crippen MR) is 103 cm³/mol. The first-order valence-corrected chi connectivity index (χ1v) is 10.2. The molecule has 1 saturated carbocycles. The fourth-order valence-corrected chi connectivity index (χ4v) is 3.92. The first kappa shape index (κ1) is 21.5. The lowest BCUT2D eigenvalue weighted by Crippen LogP contribution is -2.28. The van der Waals surface area contributed by atoms with Crippen LogP contribution >= 0.6 is 0 Å². The van der Waals surface area contributed by atoms with Crippen LogP contribution in [0, 0.1) is 11.8 Å². The molecule has 27 heavy (non-hydrogen) atoms. The normalized spacial score (nSPS) is 28.4. The van der Waals surface area contributed by atoms with Crippen molar-refractivity contribution in [1.82, 2.24) is 0 Å². The zero-order valence-electron chi connectivity index (χ0n) is 16.2. The van der Waals surface area contributed by atoms with Gasteiger partial charge in [0.2, 0.25) is 5.91 Å². The van der Waals surface area contributed by atoms with Gasteiger partial charge in [-0.05, 0) is 25.7 Å². The minimum atomic E-state index is -0.592. The summed E-state index contributed by atoms with van der Waals surface area (Å²) < 4.78 is 10.7. The second-order valence-corrected chi connectivity index (χ2v) is 7.55. The van der Waals surface area contributed by atoms with Crippen LogP contribution in [0.5, 0.6) is 0 Å². The van der Waals surface area contributed by atoms with Crippen LogP contribution in [0.2, 0.25) is 0 Å². The Morgan fingerprint density at radius 3 is 2.78 bits per heavy atom. The Labute approximate surface area is 161 Å². The lowest BCUT2D eigenvalue weighted by atomic mass is 9.89. The SMILES string of the molecule is CCCCC[C@H](O)/C=C/[C@@H]1[C@@H](C/C=C\CCCC(N)=O)[C@@H]2C[C@H]1OC(=O)O2. The van der Waals surface area contributed by atoms with Gasteiger partial charge >= 0.3 is 6.16 Å². The fourth-order valence-electron chi connectivity index (χ4n) is 3.92. The summed E-state index contributed by atoms with van der Waals surface area (Å²) in [6.45, 7) is 2.14. The van der Waals surface area contributed by atoms with Crippen molar-refractivity contribution in [2.45, 2.75) is 83.0 Å². The van der Waals surface area contributed by atoms with Gasteiger partial charge in [-0.25, -0.2) is 4.79 Å². The molecule has 0 radical (unpaired) electrons. The van der Waals surface area contributed by atoms with Gasteiger partial charge in [0.05, 0.1) is 6.10 Å². The Morgan fingerprint density at radius 2 is 2.04 bits per heavy atom. The van der Waals surface area contributed by atoms with E-state index in [1.54, 1.807) is 0 Å². The Kier molecular flexibility index (Phi) is 8.85. The maximum atomic E-state index is 11.6. The molecule has 6 nitrogen and oxygen atoms in total. The number of rotatable bonds is 12. The first-order valence-electron chi connectivity index (χ1n) is 10.2. The molecule has 0 aromatic rings. The molecule has 1 amide bonds. The van der Waals surface area contributed by atoms with Gasteiger partial charge in [-0.15, -0.1) is 0 Å². The molecule has 1 aliphatic heterocycles. The molecule has 2 bridgehead atoms. The van der Waals surface area contributed by atoms with Gasteiger partial charge in [-0.3, -0.25) is 4.79 Å². The number of unbranched alkanes of at least 4 members (excludes halogenated alkanes) is 3. The first-order chi connectivity index (χ1) is 13.0. The van der Waals surface area contributed by atoms with Crippen LogP contribution in [0.3, 0.4) is 0 Å². The van der Waals surface area contributed by atoms with E-state index in [0.29, 0.717) is 12.8 Å². The molecule has 0 aromatic carbocycles. The molecule has 2 fully saturated rings. The maximum absolute atomic E-state index is 11.6. The summed E-state index contributed by atoms with van der Waals surface area (Å²) >= 11 is 0. The van der Waals surface area contributed by atoms with Crippen LogP contribution < -0.4 is 5.73 Å². The molecule has 5 atom stereocenters. The predicted octanol–water partition coefficient (Wildman–Crippen LogP) is 3.63. The Morgan fingerprint density at radius 1 is 1.26 bits per heavy atom. The molecule has 0 unspecified atom stereocenters. The average molecular weight is 379 g/mol. The van der Waals surface area contributed by atoms with Gasteiger partial charge < -0.3 is 20.3 Å². The summed E-state index contributed by atoms with van der Waals surface area (Å²) in [5.74, 6) is -0.0785. The highest BCUT2D eigenvalue weighted by Crippen LogP contribution is 2.43. The van der Waals surface area contributed by atoms with E-state index in [1.165, 1.54) is 0 Å². The molecular weight excluding hydrogens is 346 g/mol. The third-order valence-corrected chi connectivity index (χ3v) is 5.39. The molecule has 1 aliphatic carbocycles. The number of aliphatic hydroxyl groups excluding tert-OH is 1. The number of fused-ring (bicyclic) bond motifs is 2. The number of amides is 1. The Hall–Kier alpha value is -1.82. The molecular formula is C21H33NO5. The summed E-state index contributed by atoms with van der Waals surface area (Å²) in [5.41, 5.74) is 5.14. The minimum absolute atomic E-state index is 0.0533. The van der Waals surface area contributed by atoms with Crippen molar-refractivity contribution in [1.29, 1.82) is 0 Å². The number of hydrogen-bond acceptors (Lipinski definition) is 5. The Balaban J connectivity index is 1.90. The van der Waals surface area contributed by atoms with E-state index in [2.05, 4.69) is 13.0 Å². The number of nitrogens with two attached hydrogens (primary N) is 1. The number of hydrogen-bond donors (Lipinski definition) is 2. The summed E-state index contributed by atoms with van der Waals surface area (Å²) in [6.07, 6.45) is 14.0. The topological polar surface area (TPSA) is 98.9 Å². The Bertz CT molecular complexity index is 545. The van der Waals surface area contributed by atoms with Crippen molar-refractivity contribution >= 4 is 12.1 Å². The van der Waals surface area contributed by atoms with Crippen LogP contribution in [0.4, 0.5) is 4.79 Å². The molecule has 3 N–H and O–H groups in total. The summed E-state index contributed by atoms with van der Waals surface area (Å²) in [6, 6.07) is 0. The van der Waals surface area contributed by atoms with E-state index >= 15 is 0 Å². The van der Waals surface area contributed by atoms with Gasteiger partial charge in [-0.1, -0.05) is 50.5 Å². The van der Waals surface area contributed by atoms with Crippen molar-refractivity contribution in [2.75, 3.05) is 0 Å². The molecule has 2 rings (SSSR count). The smallest absolute Gasteiger partial charge is 0.430 e. The van der Waals surface area contributed by atoms with E-state index in [9.17, 15) is 14.7 Å². The maximum Gasteiger partial charge on any atom is 0.508 e. The average Bonchev–Trinajstić information content (AvgIpc) is 2.86. The lowest BCUT2D eigenvalue weighted by Gasteiger charge is -2.20. The molecule has 2 aliphatic rings. The second-order valence-electron chi connectivity index (χ2n) is 7.55. The molecule has 6 heteroatoms. The zero-order valence-corrected chi connectivity index (χ0v) is 16.2. The number of allylic oxidation sites excluding steroid dienone is 2. The van der Waals surface area contributed by atoms with Crippen LogP contribution in [0.15, 0.2) is 24.3 Å².